The third-order valence-electron chi connectivity index (χ3n) is 3.11. The summed E-state index contributed by atoms with van der Waals surface area (Å²) >= 11 is 0. The van der Waals surface area contributed by atoms with E-state index in [1.165, 1.54) is 12.1 Å². The highest BCUT2D eigenvalue weighted by Gasteiger charge is 2.23. The van der Waals surface area contributed by atoms with Crippen LogP contribution in [0.5, 0.6) is 0 Å². The molecule has 98 valence electrons. The summed E-state index contributed by atoms with van der Waals surface area (Å²) in [7, 11) is 0. The van der Waals surface area contributed by atoms with E-state index in [1.807, 2.05) is 6.92 Å². The van der Waals surface area contributed by atoms with Gasteiger partial charge in [0.15, 0.2) is 0 Å². The molecule has 1 heterocycles. The van der Waals surface area contributed by atoms with Crippen LogP contribution in [0.2, 0.25) is 0 Å². The lowest BCUT2D eigenvalue weighted by Gasteiger charge is -2.36. The number of nitrogens with two attached hydrogens (primary N) is 1. The topological polar surface area (TPSA) is 81.6 Å². The van der Waals surface area contributed by atoms with Crippen LogP contribution < -0.4 is 10.6 Å². The predicted octanol–water partition coefficient (Wildman–Crippen LogP) is 1.15. The third kappa shape index (κ3) is 2.77. The second kappa shape index (κ2) is 5.32. The summed E-state index contributed by atoms with van der Waals surface area (Å²) in [6.07, 6.45) is 0.00828. The molecular weight excluding hydrogens is 234 g/mol. The minimum atomic E-state index is -0.395. The Hall–Kier alpha value is -1.66. The van der Waals surface area contributed by atoms with Crippen LogP contribution in [0.1, 0.15) is 6.92 Å². The monoisotopic (exact) mass is 251 g/mol. The van der Waals surface area contributed by atoms with E-state index in [1.54, 1.807) is 12.1 Å². The molecule has 0 aliphatic carbocycles. The maximum absolute atomic E-state index is 10.6. The Morgan fingerprint density at radius 1 is 1.50 bits per heavy atom. The second-order valence-corrected chi connectivity index (χ2v) is 4.49. The standard InChI is InChI=1S/C12H17N3O3/c1-9(13)12-8-14(6-7-18-12)10-2-4-11(5-3-10)15(16)17/h2-5,9,12H,6-8,13H2,1H3. The zero-order chi connectivity index (χ0) is 13.1. The van der Waals surface area contributed by atoms with Crippen molar-refractivity contribution in [1.29, 1.82) is 0 Å². The van der Waals surface area contributed by atoms with Crippen LogP contribution in [0, 0.1) is 10.1 Å². The molecule has 1 aliphatic rings. The van der Waals surface area contributed by atoms with Crippen molar-refractivity contribution >= 4 is 11.4 Å². The maximum Gasteiger partial charge on any atom is 0.269 e. The van der Waals surface area contributed by atoms with Gasteiger partial charge in [-0.3, -0.25) is 10.1 Å². The number of anilines is 1. The van der Waals surface area contributed by atoms with Gasteiger partial charge < -0.3 is 15.4 Å². The lowest BCUT2D eigenvalue weighted by Crippen LogP contribution is -2.49. The SMILES string of the molecule is CC(N)C1CN(c2ccc([N+](=O)[O-])cc2)CCO1. The number of nitrogens with zero attached hydrogens (tertiary/aromatic N) is 2. The van der Waals surface area contributed by atoms with Crippen LogP contribution in [0.25, 0.3) is 0 Å². The number of morpholine rings is 1. The molecule has 0 spiro atoms. The maximum atomic E-state index is 10.6. The summed E-state index contributed by atoms with van der Waals surface area (Å²) in [5.41, 5.74) is 6.90. The molecule has 1 fully saturated rings. The van der Waals surface area contributed by atoms with Gasteiger partial charge in [0.25, 0.3) is 5.69 Å². The molecule has 18 heavy (non-hydrogen) atoms. The van der Waals surface area contributed by atoms with E-state index in [2.05, 4.69) is 4.90 Å². The molecule has 2 rings (SSSR count). The summed E-state index contributed by atoms with van der Waals surface area (Å²) in [5.74, 6) is 0. The molecule has 2 atom stereocenters. The van der Waals surface area contributed by atoms with Gasteiger partial charge in [-0.05, 0) is 19.1 Å². The van der Waals surface area contributed by atoms with E-state index in [0.717, 1.165) is 18.8 Å². The Balaban J connectivity index is 2.09. The summed E-state index contributed by atoms with van der Waals surface area (Å²) < 4.78 is 5.58. The lowest BCUT2D eigenvalue weighted by atomic mass is 10.1. The summed E-state index contributed by atoms with van der Waals surface area (Å²) in [6.45, 7) is 4.05. The first-order valence-electron chi connectivity index (χ1n) is 5.94. The number of hydrogen-bond acceptors (Lipinski definition) is 5. The minimum absolute atomic E-state index is 0.00828. The van der Waals surface area contributed by atoms with Gasteiger partial charge in [-0.2, -0.15) is 0 Å². The molecule has 6 nitrogen and oxygen atoms in total. The number of rotatable bonds is 3. The van der Waals surface area contributed by atoms with E-state index >= 15 is 0 Å². The first-order valence-corrected chi connectivity index (χ1v) is 5.94. The molecule has 1 aromatic carbocycles. The van der Waals surface area contributed by atoms with Crippen LogP contribution in [-0.4, -0.2) is 36.8 Å². The zero-order valence-electron chi connectivity index (χ0n) is 10.3. The molecule has 2 unspecified atom stereocenters. The molecule has 0 bridgehead atoms. The molecule has 0 saturated carbocycles. The predicted molar refractivity (Wildman–Crippen MR) is 68.7 cm³/mol. The Morgan fingerprint density at radius 2 is 2.17 bits per heavy atom. The van der Waals surface area contributed by atoms with Gasteiger partial charge in [0, 0.05) is 37.0 Å². The van der Waals surface area contributed by atoms with Crippen molar-refractivity contribution in [2.75, 3.05) is 24.6 Å². The molecule has 6 heteroatoms. The highest BCUT2D eigenvalue weighted by atomic mass is 16.6. The molecular formula is C12H17N3O3. The molecule has 0 aromatic heterocycles. The molecule has 1 saturated heterocycles. The van der Waals surface area contributed by atoms with Crippen LogP contribution in [0.15, 0.2) is 24.3 Å². The third-order valence-corrected chi connectivity index (χ3v) is 3.11. The van der Waals surface area contributed by atoms with Crippen molar-refractivity contribution in [3.8, 4) is 0 Å². The first kappa shape index (κ1) is 12.8. The fourth-order valence-corrected chi connectivity index (χ4v) is 2.01. The first-order chi connectivity index (χ1) is 8.58. The van der Waals surface area contributed by atoms with Crippen molar-refractivity contribution in [3.05, 3.63) is 34.4 Å². The summed E-state index contributed by atoms with van der Waals surface area (Å²) in [6, 6.07) is 6.55. The molecule has 1 aromatic rings. The van der Waals surface area contributed by atoms with Crippen molar-refractivity contribution in [2.24, 2.45) is 5.73 Å². The van der Waals surface area contributed by atoms with Gasteiger partial charge in [0.1, 0.15) is 0 Å². The van der Waals surface area contributed by atoms with Gasteiger partial charge in [-0.15, -0.1) is 0 Å². The van der Waals surface area contributed by atoms with Crippen molar-refractivity contribution in [3.63, 3.8) is 0 Å². The van der Waals surface area contributed by atoms with Gasteiger partial charge in [-0.1, -0.05) is 0 Å². The van der Waals surface area contributed by atoms with Crippen molar-refractivity contribution in [2.45, 2.75) is 19.1 Å². The highest BCUT2D eigenvalue weighted by molar-refractivity contribution is 5.51. The van der Waals surface area contributed by atoms with Gasteiger partial charge in [0.2, 0.25) is 0 Å². The molecule has 0 amide bonds. The Bertz CT molecular complexity index is 419. The number of ether oxygens (including phenoxy) is 1. The average Bonchev–Trinajstić information content (AvgIpc) is 2.39. The number of benzene rings is 1. The van der Waals surface area contributed by atoms with E-state index in [-0.39, 0.29) is 17.8 Å². The largest absolute Gasteiger partial charge is 0.373 e. The van der Waals surface area contributed by atoms with Crippen LogP contribution in [0.4, 0.5) is 11.4 Å². The number of non-ortho nitro benzene ring substituents is 1. The van der Waals surface area contributed by atoms with E-state index in [0.29, 0.717) is 6.61 Å². The molecule has 0 radical (unpaired) electrons. The van der Waals surface area contributed by atoms with E-state index in [4.69, 9.17) is 10.5 Å². The number of hydrogen-bond donors (Lipinski definition) is 1. The summed E-state index contributed by atoms with van der Waals surface area (Å²) in [5, 5.41) is 10.6. The average molecular weight is 251 g/mol. The van der Waals surface area contributed by atoms with Crippen LogP contribution >= 0.6 is 0 Å². The van der Waals surface area contributed by atoms with Gasteiger partial charge >= 0.3 is 0 Å². The number of nitro benzene ring substituents is 1. The van der Waals surface area contributed by atoms with Crippen molar-refractivity contribution in [1.82, 2.24) is 0 Å². The van der Waals surface area contributed by atoms with E-state index in [9.17, 15) is 10.1 Å². The lowest BCUT2D eigenvalue weighted by molar-refractivity contribution is -0.384. The Labute approximate surface area is 105 Å². The van der Waals surface area contributed by atoms with Crippen molar-refractivity contribution < 1.29 is 9.66 Å². The van der Waals surface area contributed by atoms with Gasteiger partial charge in [0.05, 0.1) is 17.6 Å². The fraction of sp³-hybridized carbons (Fsp3) is 0.500. The smallest absolute Gasteiger partial charge is 0.269 e. The van der Waals surface area contributed by atoms with Gasteiger partial charge in [-0.25, -0.2) is 0 Å². The molecule has 2 N–H and O–H groups in total. The second-order valence-electron chi connectivity index (χ2n) is 4.49. The fourth-order valence-electron chi connectivity index (χ4n) is 2.01. The summed E-state index contributed by atoms with van der Waals surface area (Å²) in [4.78, 5) is 12.3. The van der Waals surface area contributed by atoms with Crippen LogP contribution in [-0.2, 0) is 4.74 Å². The van der Waals surface area contributed by atoms with E-state index < -0.39 is 4.92 Å². The van der Waals surface area contributed by atoms with Crippen LogP contribution in [0.3, 0.4) is 0 Å². The quantitative estimate of drug-likeness (QED) is 0.643. The minimum Gasteiger partial charge on any atom is -0.373 e. The normalized spacial score (nSPS) is 21.7. The molecule has 1 aliphatic heterocycles. The zero-order valence-corrected chi connectivity index (χ0v) is 10.3. The Kier molecular flexibility index (Phi) is 3.78. The highest BCUT2D eigenvalue weighted by Crippen LogP contribution is 2.21. The Morgan fingerprint density at radius 3 is 2.72 bits per heavy atom. The number of nitro groups is 1.